The van der Waals surface area contributed by atoms with E-state index >= 15 is 0 Å². The fourth-order valence-electron chi connectivity index (χ4n) is 0.713. The summed E-state index contributed by atoms with van der Waals surface area (Å²) in [4.78, 5) is 0. The van der Waals surface area contributed by atoms with Gasteiger partial charge in [-0.1, -0.05) is 0 Å². The van der Waals surface area contributed by atoms with Gasteiger partial charge in [0.1, 0.15) is 0 Å². The smallest absolute Gasteiger partial charge is 0.325 e. The fourth-order valence-corrected chi connectivity index (χ4v) is 0.713. The van der Waals surface area contributed by atoms with Gasteiger partial charge in [0, 0.05) is 6.54 Å². The fraction of sp³-hybridized carbons (Fsp3) is 0.400. The van der Waals surface area contributed by atoms with Crippen molar-refractivity contribution in [3.63, 3.8) is 0 Å². The van der Waals surface area contributed by atoms with Gasteiger partial charge >= 0.3 is 6.18 Å². The summed E-state index contributed by atoms with van der Waals surface area (Å²) >= 11 is 0. The summed E-state index contributed by atoms with van der Waals surface area (Å²) in [6.07, 6.45) is -3.64. The van der Waals surface area contributed by atoms with Crippen molar-refractivity contribution in [2.24, 2.45) is 5.73 Å². The van der Waals surface area contributed by atoms with Crippen LogP contribution in [-0.2, 0) is 12.7 Å². The second-order valence-corrected chi connectivity index (χ2v) is 1.96. The number of rotatable bonds is 1. The molecule has 3 N–H and O–H groups in total. The van der Waals surface area contributed by atoms with Crippen molar-refractivity contribution in [2.45, 2.75) is 12.7 Å². The van der Waals surface area contributed by atoms with E-state index in [-0.39, 0.29) is 12.2 Å². The maximum Gasteiger partial charge on any atom is 0.419 e. The van der Waals surface area contributed by atoms with Crippen molar-refractivity contribution in [1.29, 1.82) is 0 Å². The number of H-pyrrole nitrogens is 1. The molecular weight excluding hydrogens is 159 g/mol. The minimum absolute atomic E-state index is 0.0856. The maximum atomic E-state index is 12.0. The highest BCUT2D eigenvalue weighted by Gasteiger charge is 2.34. The number of nitrogens with zero attached hydrogens (tertiary/aromatic N) is 1. The molecule has 1 aromatic heterocycles. The van der Waals surface area contributed by atoms with Crippen LogP contribution in [0.4, 0.5) is 13.2 Å². The van der Waals surface area contributed by atoms with Gasteiger partial charge in [0.25, 0.3) is 0 Å². The molecule has 0 aromatic carbocycles. The van der Waals surface area contributed by atoms with Crippen molar-refractivity contribution in [1.82, 2.24) is 10.2 Å². The van der Waals surface area contributed by atoms with Gasteiger partial charge in [0.05, 0.1) is 17.5 Å². The molecule has 0 radical (unpaired) electrons. The summed E-state index contributed by atoms with van der Waals surface area (Å²) in [5.41, 5.74) is 4.14. The Kier molecular flexibility index (Phi) is 1.86. The summed E-state index contributed by atoms with van der Waals surface area (Å²) in [5.74, 6) is 0. The highest BCUT2D eigenvalue weighted by atomic mass is 19.4. The van der Waals surface area contributed by atoms with Gasteiger partial charge in [-0.25, -0.2) is 0 Å². The number of halogens is 3. The average molecular weight is 165 g/mol. The molecule has 0 amide bonds. The summed E-state index contributed by atoms with van der Waals surface area (Å²) in [6.45, 7) is -0.186. The summed E-state index contributed by atoms with van der Waals surface area (Å²) < 4.78 is 35.9. The Balaban J connectivity index is 3.02. The molecule has 0 unspecified atom stereocenters. The molecule has 3 nitrogen and oxygen atoms in total. The zero-order valence-electron chi connectivity index (χ0n) is 5.44. The zero-order chi connectivity index (χ0) is 8.48. The van der Waals surface area contributed by atoms with Crippen LogP contribution in [0.2, 0.25) is 0 Å². The Morgan fingerprint density at radius 1 is 1.55 bits per heavy atom. The SMILES string of the molecule is NCc1[nH]ncc1C(F)(F)F. The quantitative estimate of drug-likeness (QED) is 0.649. The van der Waals surface area contributed by atoms with Gasteiger partial charge in [-0.2, -0.15) is 18.3 Å². The van der Waals surface area contributed by atoms with E-state index in [1.54, 1.807) is 0 Å². The van der Waals surface area contributed by atoms with Crippen LogP contribution in [-0.4, -0.2) is 10.2 Å². The van der Waals surface area contributed by atoms with Crippen molar-refractivity contribution in [3.05, 3.63) is 17.5 Å². The molecule has 6 heteroatoms. The first-order valence-corrected chi connectivity index (χ1v) is 2.85. The second kappa shape index (κ2) is 2.54. The van der Waals surface area contributed by atoms with Crippen LogP contribution < -0.4 is 5.73 Å². The third-order valence-corrected chi connectivity index (χ3v) is 1.23. The second-order valence-electron chi connectivity index (χ2n) is 1.96. The molecule has 0 bridgehead atoms. The van der Waals surface area contributed by atoms with Crippen LogP contribution >= 0.6 is 0 Å². The molecule has 0 aliphatic heterocycles. The molecule has 0 atom stereocenters. The Morgan fingerprint density at radius 2 is 2.18 bits per heavy atom. The van der Waals surface area contributed by atoms with Crippen LogP contribution in [0.5, 0.6) is 0 Å². The Labute approximate surface area is 60.4 Å². The summed E-state index contributed by atoms with van der Waals surface area (Å²) in [7, 11) is 0. The van der Waals surface area contributed by atoms with Crippen LogP contribution in [0.1, 0.15) is 11.3 Å². The van der Waals surface area contributed by atoms with Crippen molar-refractivity contribution >= 4 is 0 Å². The lowest BCUT2D eigenvalue weighted by Gasteiger charge is -2.03. The van der Waals surface area contributed by atoms with Crippen molar-refractivity contribution in [3.8, 4) is 0 Å². The first kappa shape index (κ1) is 8.06. The number of aromatic amines is 1. The molecule has 11 heavy (non-hydrogen) atoms. The van der Waals surface area contributed by atoms with E-state index in [4.69, 9.17) is 5.73 Å². The lowest BCUT2D eigenvalue weighted by molar-refractivity contribution is -0.138. The standard InChI is InChI=1S/C5H6F3N3/c6-5(7,8)3-2-10-11-4(3)1-9/h2H,1,9H2,(H,10,11). The Morgan fingerprint density at radius 3 is 2.55 bits per heavy atom. The number of hydrogen-bond donors (Lipinski definition) is 2. The van der Waals surface area contributed by atoms with Crippen LogP contribution in [0.25, 0.3) is 0 Å². The summed E-state index contributed by atoms with van der Waals surface area (Å²) in [5, 5.41) is 5.40. The molecule has 0 aliphatic carbocycles. The van der Waals surface area contributed by atoms with E-state index in [2.05, 4.69) is 10.2 Å². The highest BCUT2D eigenvalue weighted by molar-refractivity contribution is 5.19. The molecule has 0 aliphatic rings. The minimum Gasteiger partial charge on any atom is -0.325 e. The predicted octanol–water partition coefficient (Wildman–Crippen LogP) is 0.887. The lowest BCUT2D eigenvalue weighted by atomic mass is 10.2. The number of aromatic nitrogens is 2. The normalized spacial score (nSPS) is 12.0. The average Bonchev–Trinajstić information content (AvgIpc) is 2.31. The molecule has 0 saturated heterocycles. The van der Waals surface area contributed by atoms with E-state index in [1.807, 2.05) is 0 Å². The minimum atomic E-state index is -4.36. The van der Waals surface area contributed by atoms with E-state index in [0.717, 1.165) is 6.20 Å². The van der Waals surface area contributed by atoms with Gasteiger partial charge in [0.2, 0.25) is 0 Å². The topological polar surface area (TPSA) is 54.7 Å². The van der Waals surface area contributed by atoms with Crippen LogP contribution in [0.15, 0.2) is 6.20 Å². The van der Waals surface area contributed by atoms with Crippen LogP contribution in [0, 0.1) is 0 Å². The van der Waals surface area contributed by atoms with E-state index in [1.165, 1.54) is 0 Å². The van der Waals surface area contributed by atoms with Crippen molar-refractivity contribution < 1.29 is 13.2 Å². The van der Waals surface area contributed by atoms with Gasteiger partial charge in [-0.3, -0.25) is 5.10 Å². The predicted molar refractivity (Wildman–Crippen MR) is 31.5 cm³/mol. The number of alkyl halides is 3. The number of nitrogens with two attached hydrogens (primary N) is 1. The van der Waals surface area contributed by atoms with E-state index in [9.17, 15) is 13.2 Å². The largest absolute Gasteiger partial charge is 0.419 e. The first-order valence-electron chi connectivity index (χ1n) is 2.85. The summed E-state index contributed by atoms with van der Waals surface area (Å²) in [6, 6.07) is 0. The van der Waals surface area contributed by atoms with Gasteiger partial charge < -0.3 is 5.73 Å². The molecule has 0 saturated carbocycles. The van der Waals surface area contributed by atoms with Gasteiger partial charge in [-0.15, -0.1) is 0 Å². The molecule has 1 aromatic rings. The number of nitrogens with one attached hydrogen (secondary N) is 1. The Hall–Kier alpha value is -1.04. The van der Waals surface area contributed by atoms with Gasteiger partial charge in [0.15, 0.2) is 0 Å². The number of hydrogen-bond acceptors (Lipinski definition) is 2. The van der Waals surface area contributed by atoms with Gasteiger partial charge in [-0.05, 0) is 0 Å². The zero-order valence-corrected chi connectivity index (χ0v) is 5.44. The third-order valence-electron chi connectivity index (χ3n) is 1.23. The van der Waals surface area contributed by atoms with Crippen molar-refractivity contribution in [2.75, 3.05) is 0 Å². The molecule has 0 fully saturated rings. The third kappa shape index (κ3) is 1.51. The first-order chi connectivity index (χ1) is 5.05. The molecule has 0 spiro atoms. The monoisotopic (exact) mass is 165 g/mol. The van der Waals surface area contributed by atoms with E-state index < -0.39 is 11.7 Å². The van der Waals surface area contributed by atoms with Crippen LogP contribution in [0.3, 0.4) is 0 Å². The molecule has 1 heterocycles. The molecule has 1 rings (SSSR count). The maximum absolute atomic E-state index is 12.0. The van der Waals surface area contributed by atoms with E-state index in [0.29, 0.717) is 0 Å². The highest BCUT2D eigenvalue weighted by Crippen LogP contribution is 2.30. The lowest BCUT2D eigenvalue weighted by Crippen LogP contribution is -2.09. The Bertz CT molecular complexity index is 239. The molecular formula is C5H6F3N3. The molecule has 62 valence electrons.